The predicted molar refractivity (Wildman–Crippen MR) is 94.9 cm³/mol. The average molecular weight is 326 g/mol. The van der Waals surface area contributed by atoms with Crippen LogP contribution in [0.2, 0.25) is 0 Å². The van der Waals surface area contributed by atoms with Crippen LogP contribution in [0.25, 0.3) is 0 Å². The number of hydrogen-bond donors (Lipinski definition) is 1. The second-order valence-electron chi connectivity index (χ2n) is 6.12. The van der Waals surface area contributed by atoms with Crippen molar-refractivity contribution in [3.05, 3.63) is 48.0 Å². The standard InChI is InChI=1S/C19H22N2O3/c1-13(2)21(16-7-5-4-6-14(16)3)11-19(22)20-15-8-9-17-18(10-15)24-12-23-17/h4-10,13H,11-12H2,1-3H3,(H,20,22). The Kier molecular flexibility index (Phi) is 4.60. The molecule has 0 saturated heterocycles. The molecule has 1 heterocycles. The first-order chi connectivity index (χ1) is 11.5. The third-order valence-electron chi connectivity index (χ3n) is 4.02. The van der Waals surface area contributed by atoms with E-state index in [0.29, 0.717) is 17.2 Å². The van der Waals surface area contributed by atoms with Gasteiger partial charge in [0.1, 0.15) is 0 Å². The topological polar surface area (TPSA) is 50.8 Å². The third kappa shape index (κ3) is 3.45. The fraction of sp³-hybridized carbons (Fsp3) is 0.316. The molecule has 0 unspecified atom stereocenters. The van der Waals surface area contributed by atoms with Crippen LogP contribution in [-0.4, -0.2) is 25.3 Å². The maximum absolute atomic E-state index is 12.5. The molecule has 0 fully saturated rings. The summed E-state index contributed by atoms with van der Waals surface area (Å²) in [5, 5.41) is 2.93. The highest BCUT2D eigenvalue weighted by Gasteiger charge is 2.18. The van der Waals surface area contributed by atoms with Crippen molar-refractivity contribution in [3.8, 4) is 11.5 Å². The van der Waals surface area contributed by atoms with Crippen LogP contribution >= 0.6 is 0 Å². The number of nitrogens with one attached hydrogen (secondary N) is 1. The van der Waals surface area contributed by atoms with Crippen LogP contribution in [0.4, 0.5) is 11.4 Å². The molecule has 1 N–H and O–H groups in total. The summed E-state index contributed by atoms with van der Waals surface area (Å²) in [6.07, 6.45) is 0. The van der Waals surface area contributed by atoms with Gasteiger partial charge in [0.2, 0.25) is 12.7 Å². The smallest absolute Gasteiger partial charge is 0.243 e. The van der Waals surface area contributed by atoms with Crippen molar-refractivity contribution in [2.75, 3.05) is 23.6 Å². The van der Waals surface area contributed by atoms with Crippen molar-refractivity contribution in [3.63, 3.8) is 0 Å². The minimum atomic E-state index is -0.0641. The summed E-state index contributed by atoms with van der Waals surface area (Å²) in [6, 6.07) is 13.7. The van der Waals surface area contributed by atoms with Crippen molar-refractivity contribution in [1.82, 2.24) is 0 Å². The second-order valence-corrected chi connectivity index (χ2v) is 6.12. The van der Waals surface area contributed by atoms with Gasteiger partial charge in [0.25, 0.3) is 0 Å². The van der Waals surface area contributed by atoms with Gasteiger partial charge < -0.3 is 19.7 Å². The number of benzene rings is 2. The average Bonchev–Trinajstić information content (AvgIpc) is 3.01. The highest BCUT2D eigenvalue weighted by molar-refractivity contribution is 5.94. The molecule has 0 bridgehead atoms. The molecule has 24 heavy (non-hydrogen) atoms. The summed E-state index contributed by atoms with van der Waals surface area (Å²) in [5.74, 6) is 1.30. The van der Waals surface area contributed by atoms with Crippen LogP contribution in [0.15, 0.2) is 42.5 Å². The van der Waals surface area contributed by atoms with Gasteiger partial charge in [-0.1, -0.05) is 18.2 Å². The van der Waals surface area contributed by atoms with Crippen molar-refractivity contribution in [2.45, 2.75) is 26.8 Å². The van der Waals surface area contributed by atoms with Gasteiger partial charge in [-0.15, -0.1) is 0 Å². The van der Waals surface area contributed by atoms with Crippen LogP contribution in [0, 0.1) is 6.92 Å². The number of ether oxygens (including phenoxy) is 2. The maximum Gasteiger partial charge on any atom is 0.243 e. The molecule has 126 valence electrons. The lowest BCUT2D eigenvalue weighted by Crippen LogP contribution is -2.38. The zero-order chi connectivity index (χ0) is 17.1. The molecule has 0 radical (unpaired) electrons. The van der Waals surface area contributed by atoms with Gasteiger partial charge in [0.15, 0.2) is 11.5 Å². The predicted octanol–water partition coefficient (Wildman–Crippen LogP) is 3.58. The van der Waals surface area contributed by atoms with Crippen LogP contribution in [0.1, 0.15) is 19.4 Å². The van der Waals surface area contributed by atoms with Gasteiger partial charge in [-0.3, -0.25) is 4.79 Å². The van der Waals surface area contributed by atoms with Crippen LogP contribution in [0.3, 0.4) is 0 Å². The zero-order valence-electron chi connectivity index (χ0n) is 14.2. The highest BCUT2D eigenvalue weighted by Crippen LogP contribution is 2.34. The number of aryl methyl sites for hydroxylation is 1. The molecule has 1 aliphatic rings. The first kappa shape index (κ1) is 16.2. The van der Waals surface area contributed by atoms with E-state index < -0.39 is 0 Å². The number of anilines is 2. The van der Waals surface area contributed by atoms with Gasteiger partial charge in [0.05, 0.1) is 6.54 Å². The van der Waals surface area contributed by atoms with E-state index in [2.05, 4.69) is 37.1 Å². The largest absolute Gasteiger partial charge is 0.454 e. The first-order valence-electron chi connectivity index (χ1n) is 8.06. The van der Waals surface area contributed by atoms with Crippen LogP contribution in [0.5, 0.6) is 11.5 Å². The lowest BCUT2D eigenvalue weighted by atomic mass is 10.1. The van der Waals surface area contributed by atoms with Gasteiger partial charge in [0, 0.05) is 23.5 Å². The van der Waals surface area contributed by atoms with E-state index in [4.69, 9.17) is 9.47 Å². The molecular formula is C19H22N2O3. The minimum Gasteiger partial charge on any atom is -0.454 e. The number of hydrogen-bond acceptors (Lipinski definition) is 4. The summed E-state index contributed by atoms with van der Waals surface area (Å²) >= 11 is 0. The fourth-order valence-electron chi connectivity index (χ4n) is 2.76. The first-order valence-corrected chi connectivity index (χ1v) is 8.06. The molecule has 2 aromatic carbocycles. The quantitative estimate of drug-likeness (QED) is 0.912. The molecule has 0 spiro atoms. The Balaban J connectivity index is 1.71. The molecule has 2 aromatic rings. The number of para-hydroxylation sites is 1. The van der Waals surface area contributed by atoms with E-state index in [9.17, 15) is 4.79 Å². The molecule has 0 aromatic heterocycles. The van der Waals surface area contributed by atoms with E-state index in [0.717, 1.165) is 11.3 Å². The number of fused-ring (bicyclic) bond motifs is 1. The second kappa shape index (κ2) is 6.83. The molecule has 1 amide bonds. The van der Waals surface area contributed by atoms with Gasteiger partial charge in [-0.25, -0.2) is 0 Å². The number of nitrogens with zero attached hydrogens (tertiary/aromatic N) is 1. The number of amides is 1. The summed E-state index contributed by atoms with van der Waals surface area (Å²) in [7, 11) is 0. The highest BCUT2D eigenvalue weighted by atomic mass is 16.7. The van der Waals surface area contributed by atoms with Crippen molar-refractivity contribution in [1.29, 1.82) is 0 Å². The Hall–Kier alpha value is -2.69. The van der Waals surface area contributed by atoms with Crippen LogP contribution in [-0.2, 0) is 4.79 Å². The van der Waals surface area contributed by atoms with Gasteiger partial charge in [-0.05, 0) is 44.5 Å². The van der Waals surface area contributed by atoms with Gasteiger partial charge >= 0.3 is 0 Å². The molecule has 0 aliphatic carbocycles. The van der Waals surface area contributed by atoms with Crippen LogP contribution < -0.4 is 19.7 Å². The Bertz CT molecular complexity index is 743. The van der Waals surface area contributed by atoms with E-state index in [1.54, 1.807) is 12.1 Å². The van der Waals surface area contributed by atoms with E-state index >= 15 is 0 Å². The molecule has 5 nitrogen and oxygen atoms in total. The number of rotatable bonds is 5. The monoisotopic (exact) mass is 326 g/mol. The molecule has 1 aliphatic heterocycles. The zero-order valence-corrected chi connectivity index (χ0v) is 14.2. The molecule has 5 heteroatoms. The minimum absolute atomic E-state index is 0.0641. The Morgan fingerprint density at radius 1 is 1.17 bits per heavy atom. The maximum atomic E-state index is 12.5. The van der Waals surface area contributed by atoms with Crippen molar-refractivity contribution < 1.29 is 14.3 Å². The fourth-order valence-corrected chi connectivity index (χ4v) is 2.76. The van der Waals surface area contributed by atoms with Gasteiger partial charge in [-0.2, -0.15) is 0 Å². The lowest BCUT2D eigenvalue weighted by molar-refractivity contribution is -0.115. The molecule has 3 rings (SSSR count). The normalized spacial score (nSPS) is 12.3. The Morgan fingerprint density at radius 3 is 2.67 bits per heavy atom. The Morgan fingerprint density at radius 2 is 1.92 bits per heavy atom. The summed E-state index contributed by atoms with van der Waals surface area (Å²) < 4.78 is 10.6. The SMILES string of the molecule is Cc1ccccc1N(CC(=O)Nc1ccc2c(c1)OCO2)C(C)C. The summed E-state index contributed by atoms with van der Waals surface area (Å²) in [5.41, 5.74) is 2.94. The Labute approximate surface area is 142 Å². The lowest BCUT2D eigenvalue weighted by Gasteiger charge is -2.29. The van der Waals surface area contributed by atoms with Crippen molar-refractivity contribution >= 4 is 17.3 Å². The summed E-state index contributed by atoms with van der Waals surface area (Å²) in [6.45, 7) is 6.74. The molecule has 0 atom stereocenters. The molecular weight excluding hydrogens is 304 g/mol. The molecule has 0 saturated carbocycles. The summed E-state index contributed by atoms with van der Waals surface area (Å²) in [4.78, 5) is 14.6. The van der Waals surface area contributed by atoms with E-state index in [1.165, 1.54) is 0 Å². The number of carbonyl (C=O) groups excluding carboxylic acids is 1. The third-order valence-corrected chi connectivity index (χ3v) is 4.02. The van der Waals surface area contributed by atoms with Crippen molar-refractivity contribution in [2.24, 2.45) is 0 Å². The van der Waals surface area contributed by atoms with E-state index in [-0.39, 0.29) is 25.3 Å². The van der Waals surface area contributed by atoms with E-state index in [1.807, 2.05) is 24.3 Å². The number of carbonyl (C=O) groups is 1.